The number of hydrogen-bond donors (Lipinski definition) is 4. The van der Waals surface area contributed by atoms with Crippen molar-refractivity contribution in [3.63, 3.8) is 0 Å². The fourth-order valence-corrected chi connectivity index (χ4v) is 1.92. The van der Waals surface area contributed by atoms with Gasteiger partial charge in [-0.1, -0.05) is 24.3 Å². The minimum atomic E-state index is -1.23. The largest absolute Gasteiger partial charge is 0.478 e. The summed E-state index contributed by atoms with van der Waals surface area (Å²) in [5, 5.41) is 34.2. The van der Waals surface area contributed by atoms with Gasteiger partial charge in [0.05, 0.1) is 28.9 Å². The Morgan fingerprint density at radius 1 is 0.633 bits per heavy atom. The second-order valence-corrected chi connectivity index (χ2v) is 5.24. The van der Waals surface area contributed by atoms with E-state index in [1.165, 1.54) is 55.5 Å². The Labute approximate surface area is 171 Å². The van der Waals surface area contributed by atoms with Gasteiger partial charge in [-0.3, -0.25) is 4.79 Å². The average molecular weight is 420 g/mol. The van der Waals surface area contributed by atoms with E-state index in [-0.39, 0.29) is 28.2 Å². The SMILES string of the molecule is CCOC(C)=O.O=C(O)c1ccccc1C(=O)O.O=C(O)c1ccccc1C(=O)O. The van der Waals surface area contributed by atoms with Crippen LogP contribution in [0.3, 0.4) is 0 Å². The fraction of sp³-hybridized carbons (Fsp3) is 0.150. The molecule has 4 N–H and O–H groups in total. The minimum absolute atomic E-state index is 0.190. The van der Waals surface area contributed by atoms with Gasteiger partial charge >= 0.3 is 29.8 Å². The summed E-state index contributed by atoms with van der Waals surface area (Å²) < 4.78 is 4.40. The lowest BCUT2D eigenvalue weighted by Crippen LogP contribution is -2.06. The lowest BCUT2D eigenvalue weighted by Gasteiger charge is -1.98. The summed E-state index contributed by atoms with van der Waals surface area (Å²) in [4.78, 5) is 51.7. The van der Waals surface area contributed by atoms with Crippen molar-refractivity contribution in [1.82, 2.24) is 0 Å². The number of carboxylic acids is 4. The molecule has 0 unspecified atom stereocenters. The van der Waals surface area contributed by atoms with Gasteiger partial charge in [0, 0.05) is 6.92 Å². The number of rotatable bonds is 5. The quantitative estimate of drug-likeness (QED) is 0.526. The summed E-state index contributed by atoms with van der Waals surface area (Å²) >= 11 is 0. The van der Waals surface area contributed by atoms with E-state index in [2.05, 4.69) is 4.74 Å². The number of carbonyl (C=O) groups is 5. The minimum Gasteiger partial charge on any atom is -0.478 e. The molecule has 10 nitrogen and oxygen atoms in total. The van der Waals surface area contributed by atoms with Gasteiger partial charge in [-0.2, -0.15) is 0 Å². The van der Waals surface area contributed by atoms with Crippen LogP contribution in [0, 0.1) is 0 Å². The average Bonchev–Trinajstić information content (AvgIpc) is 2.68. The number of esters is 1. The highest BCUT2D eigenvalue weighted by atomic mass is 16.5. The standard InChI is InChI=1S/2C8H6O4.C4H8O2/c2*9-7(10)5-3-1-2-4-6(5)8(11)12;1-3-6-4(2)5/h2*1-4H,(H,9,10)(H,11,12);3H2,1-2H3. The van der Waals surface area contributed by atoms with Crippen LogP contribution in [0.15, 0.2) is 48.5 Å². The number of carbonyl (C=O) groups excluding carboxylic acids is 1. The molecule has 0 amide bonds. The number of hydrogen-bond acceptors (Lipinski definition) is 6. The van der Waals surface area contributed by atoms with Crippen molar-refractivity contribution in [3.05, 3.63) is 70.8 Å². The molecule has 0 aliphatic carbocycles. The van der Waals surface area contributed by atoms with Crippen molar-refractivity contribution in [2.75, 3.05) is 6.61 Å². The molecule has 0 radical (unpaired) electrons. The molecule has 0 fully saturated rings. The lowest BCUT2D eigenvalue weighted by molar-refractivity contribution is -0.140. The van der Waals surface area contributed by atoms with E-state index in [9.17, 15) is 24.0 Å². The number of carboxylic acid groups (broad SMARTS) is 4. The molecule has 0 aliphatic rings. The summed E-state index contributed by atoms with van der Waals surface area (Å²) in [6, 6.07) is 11.0. The molecule has 0 saturated carbocycles. The zero-order valence-electron chi connectivity index (χ0n) is 16.1. The molecule has 2 rings (SSSR count). The first-order chi connectivity index (χ1) is 14.0. The van der Waals surface area contributed by atoms with Crippen LogP contribution in [-0.2, 0) is 9.53 Å². The maximum Gasteiger partial charge on any atom is 0.336 e. The Balaban J connectivity index is 0.000000447. The second-order valence-electron chi connectivity index (χ2n) is 5.24. The van der Waals surface area contributed by atoms with Gasteiger partial charge in [-0.15, -0.1) is 0 Å². The summed E-state index contributed by atoms with van der Waals surface area (Å²) in [6.07, 6.45) is 0. The Morgan fingerprint density at radius 2 is 0.867 bits per heavy atom. The molecule has 0 heterocycles. The maximum absolute atomic E-state index is 10.5. The van der Waals surface area contributed by atoms with E-state index < -0.39 is 23.9 Å². The van der Waals surface area contributed by atoms with Gasteiger partial charge in [0.25, 0.3) is 0 Å². The van der Waals surface area contributed by atoms with Crippen molar-refractivity contribution >= 4 is 29.8 Å². The third-order valence-electron chi connectivity index (χ3n) is 3.12. The molecule has 0 atom stereocenters. The second kappa shape index (κ2) is 13.0. The van der Waals surface area contributed by atoms with Crippen molar-refractivity contribution in [1.29, 1.82) is 0 Å². The van der Waals surface area contributed by atoms with Gasteiger partial charge in [0.2, 0.25) is 0 Å². The molecular weight excluding hydrogens is 400 g/mol. The summed E-state index contributed by atoms with van der Waals surface area (Å²) in [5.74, 6) is -5.13. The third-order valence-corrected chi connectivity index (χ3v) is 3.12. The molecular formula is C20H20O10. The number of aromatic carboxylic acids is 4. The highest BCUT2D eigenvalue weighted by molar-refractivity contribution is 6.02. The number of benzene rings is 2. The topological polar surface area (TPSA) is 176 Å². The Hall–Kier alpha value is -4.21. The molecule has 160 valence electrons. The molecule has 0 spiro atoms. The smallest absolute Gasteiger partial charge is 0.336 e. The van der Waals surface area contributed by atoms with E-state index in [4.69, 9.17) is 20.4 Å². The van der Waals surface area contributed by atoms with Crippen LogP contribution in [0.4, 0.5) is 0 Å². The maximum atomic E-state index is 10.5. The summed E-state index contributed by atoms with van der Waals surface area (Å²) in [6.45, 7) is 3.65. The van der Waals surface area contributed by atoms with Crippen molar-refractivity contribution in [2.24, 2.45) is 0 Å². The fourth-order valence-electron chi connectivity index (χ4n) is 1.92. The van der Waals surface area contributed by atoms with E-state index >= 15 is 0 Å². The van der Waals surface area contributed by atoms with Gasteiger partial charge < -0.3 is 25.2 Å². The molecule has 10 heteroatoms. The molecule has 0 bridgehead atoms. The van der Waals surface area contributed by atoms with Crippen LogP contribution in [0.5, 0.6) is 0 Å². The van der Waals surface area contributed by atoms with E-state index in [0.29, 0.717) is 6.61 Å². The first kappa shape index (κ1) is 25.8. The number of ether oxygens (including phenoxy) is 1. The third kappa shape index (κ3) is 9.13. The zero-order chi connectivity index (χ0) is 23.3. The van der Waals surface area contributed by atoms with Gasteiger partial charge in [0.15, 0.2) is 0 Å². The van der Waals surface area contributed by atoms with E-state index in [1.807, 2.05) is 0 Å². The van der Waals surface area contributed by atoms with Crippen LogP contribution in [-0.4, -0.2) is 56.9 Å². The van der Waals surface area contributed by atoms with Crippen LogP contribution < -0.4 is 0 Å². The van der Waals surface area contributed by atoms with Gasteiger partial charge in [-0.25, -0.2) is 19.2 Å². The lowest BCUT2D eigenvalue weighted by atomic mass is 10.1. The first-order valence-corrected chi connectivity index (χ1v) is 8.27. The molecule has 0 aliphatic heterocycles. The van der Waals surface area contributed by atoms with Gasteiger partial charge in [0.1, 0.15) is 0 Å². The summed E-state index contributed by atoms with van der Waals surface area (Å²) in [7, 11) is 0. The molecule has 30 heavy (non-hydrogen) atoms. The predicted molar refractivity (Wildman–Crippen MR) is 103 cm³/mol. The molecule has 2 aromatic rings. The van der Waals surface area contributed by atoms with Crippen molar-refractivity contribution in [3.8, 4) is 0 Å². The Morgan fingerprint density at radius 3 is 0.967 bits per heavy atom. The molecule has 2 aromatic carbocycles. The molecule has 0 saturated heterocycles. The van der Waals surface area contributed by atoms with E-state index in [1.54, 1.807) is 6.92 Å². The predicted octanol–water partition coefficient (Wildman–Crippen LogP) is 2.74. The monoisotopic (exact) mass is 420 g/mol. The van der Waals surface area contributed by atoms with Gasteiger partial charge in [-0.05, 0) is 31.2 Å². The van der Waals surface area contributed by atoms with Crippen LogP contribution in [0.1, 0.15) is 55.3 Å². The van der Waals surface area contributed by atoms with Crippen LogP contribution >= 0.6 is 0 Å². The zero-order valence-corrected chi connectivity index (χ0v) is 16.1. The summed E-state index contributed by atoms with van der Waals surface area (Å²) in [5.41, 5.74) is -0.759. The van der Waals surface area contributed by atoms with Crippen LogP contribution in [0.25, 0.3) is 0 Å². The Bertz CT molecular complexity index is 784. The van der Waals surface area contributed by atoms with Crippen LogP contribution in [0.2, 0.25) is 0 Å². The van der Waals surface area contributed by atoms with Crippen molar-refractivity contribution < 1.29 is 49.1 Å². The molecule has 0 aromatic heterocycles. The highest BCUT2D eigenvalue weighted by Gasteiger charge is 2.14. The first-order valence-electron chi connectivity index (χ1n) is 8.27. The van der Waals surface area contributed by atoms with E-state index in [0.717, 1.165) is 0 Å². The Kier molecular flexibility index (Phi) is 11.2. The highest BCUT2D eigenvalue weighted by Crippen LogP contribution is 2.08. The normalized spacial score (nSPS) is 9.00. The van der Waals surface area contributed by atoms with Crippen molar-refractivity contribution in [2.45, 2.75) is 13.8 Å².